The highest BCUT2D eigenvalue weighted by Crippen LogP contribution is 2.38. The number of hydrogen-bond donors (Lipinski definition) is 0. The zero-order valence-corrected chi connectivity index (χ0v) is 20.0. The molecule has 10 nitrogen and oxygen atoms in total. The number of thioether (sulfide) groups is 1. The van der Waals surface area contributed by atoms with Crippen molar-refractivity contribution in [2.24, 2.45) is 0 Å². The molecular weight excluding hydrogens is 542 g/mol. The summed E-state index contributed by atoms with van der Waals surface area (Å²) in [5, 5.41) is 22.0. The van der Waals surface area contributed by atoms with E-state index in [1.54, 1.807) is 30.3 Å². The van der Waals surface area contributed by atoms with Gasteiger partial charge in [-0.15, -0.1) is 0 Å². The number of carbonyl (C=O) groups is 2. The van der Waals surface area contributed by atoms with Crippen molar-refractivity contribution in [1.29, 1.82) is 0 Å². The van der Waals surface area contributed by atoms with E-state index in [4.69, 9.17) is 4.74 Å². The van der Waals surface area contributed by atoms with Gasteiger partial charge in [0.15, 0.2) is 0 Å². The zero-order valence-electron chi connectivity index (χ0n) is 17.6. The molecule has 3 aromatic carbocycles. The molecule has 3 aromatic rings. The lowest BCUT2D eigenvalue weighted by Gasteiger charge is -2.13. The van der Waals surface area contributed by atoms with Gasteiger partial charge in [-0.05, 0) is 41.6 Å². The number of halogens is 1. The second kappa shape index (κ2) is 10.1. The predicted octanol–water partition coefficient (Wildman–Crippen LogP) is 6.29. The second-order valence-electron chi connectivity index (χ2n) is 7.17. The normalized spacial score (nSPS) is 14.4. The molecule has 0 radical (unpaired) electrons. The van der Waals surface area contributed by atoms with Crippen molar-refractivity contribution in [2.45, 2.75) is 6.54 Å². The lowest BCUT2D eigenvalue weighted by Crippen LogP contribution is -2.27. The zero-order chi connectivity index (χ0) is 25.1. The van der Waals surface area contributed by atoms with Crippen molar-refractivity contribution in [3.05, 3.63) is 107 Å². The number of para-hydroxylation sites is 1. The predicted molar refractivity (Wildman–Crippen MR) is 132 cm³/mol. The molecule has 0 aliphatic carbocycles. The SMILES string of the molecule is O=C1S/C(=C/c2ccccc2Oc2ccc([N+](=O)[O-])cc2[N+](=O)[O-])C(=O)N1Cc1ccccc1Br. The molecule has 0 bridgehead atoms. The molecule has 1 aliphatic heterocycles. The van der Waals surface area contributed by atoms with Crippen LogP contribution in [0, 0.1) is 20.2 Å². The van der Waals surface area contributed by atoms with E-state index in [0.717, 1.165) is 44.9 Å². The van der Waals surface area contributed by atoms with Crippen LogP contribution in [0.4, 0.5) is 16.2 Å². The number of ether oxygens (including phenoxy) is 1. The third-order valence-electron chi connectivity index (χ3n) is 4.94. The molecule has 1 fully saturated rings. The summed E-state index contributed by atoms with van der Waals surface area (Å²) in [6.45, 7) is 0.0938. The van der Waals surface area contributed by atoms with E-state index < -0.39 is 32.4 Å². The standard InChI is InChI=1S/C23H14BrN3O7S/c24-17-7-3-1-6-15(17)13-25-22(28)21(35-23(25)29)11-14-5-2-4-8-19(14)34-20-10-9-16(26(30)31)12-18(20)27(32)33/h1-12H,13H2/b21-11+. The second-order valence-corrected chi connectivity index (χ2v) is 9.01. The van der Waals surface area contributed by atoms with Crippen LogP contribution >= 0.6 is 27.7 Å². The van der Waals surface area contributed by atoms with Crippen LogP contribution < -0.4 is 4.74 Å². The monoisotopic (exact) mass is 555 g/mol. The van der Waals surface area contributed by atoms with E-state index in [1.165, 1.54) is 12.1 Å². The topological polar surface area (TPSA) is 133 Å². The Labute approximate surface area is 210 Å². The van der Waals surface area contributed by atoms with Crippen LogP contribution in [0.15, 0.2) is 76.1 Å². The molecule has 0 saturated carbocycles. The summed E-state index contributed by atoms with van der Waals surface area (Å²) < 4.78 is 6.48. The fraction of sp³-hybridized carbons (Fsp3) is 0.0435. The molecule has 12 heteroatoms. The summed E-state index contributed by atoms with van der Waals surface area (Å²) >= 11 is 4.18. The fourth-order valence-corrected chi connectivity index (χ4v) is 4.47. The summed E-state index contributed by atoms with van der Waals surface area (Å²) in [4.78, 5) is 47.7. The lowest BCUT2D eigenvalue weighted by atomic mass is 10.1. The number of hydrogen-bond acceptors (Lipinski definition) is 8. The van der Waals surface area contributed by atoms with Gasteiger partial charge < -0.3 is 4.74 Å². The number of nitro groups is 2. The van der Waals surface area contributed by atoms with Gasteiger partial charge in [-0.1, -0.05) is 52.3 Å². The van der Waals surface area contributed by atoms with Gasteiger partial charge in [-0.2, -0.15) is 0 Å². The third kappa shape index (κ3) is 5.23. The minimum Gasteiger partial charge on any atom is -0.449 e. The molecule has 0 N–H and O–H groups in total. The third-order valence-corrected chi connectivity index (χ3v) is 6.62. The maximum atomic E-state index is 13.0. The molecule has 35 heavy (non-hydrogen) atoms. The minimum atomic E-state index is -0.780. The summed E-state index contributed by atoms with van der Waals surface area (Å²) in [5.41, 5.74) is 0.135. The van der Waals surface area contributed by atoms with Crippen molar-refractivity contribution in [2.75, 3.05) is 0 Å². The maximum Gasteiger partial charge on any atom is 0.318 e. The number of nitrogens with zero attached hydrogens (tertiary/aromatic N) is 3. The van der Waals surface area contributed by atoms with Crippen molar-refractivity contribution in [3.8, 4) is 11.5 Å². The van der Waals surface area contributed by atoms with Gasteiger partial charge in [0, 0.05) is 16.1 Å². The molecule has 0 aromatic heterocycles. The number of benzene rings is 3. The molecular formula is C23H14BrN3O7S. The highest BCUT2D eigenvalue weighted by molar-refractivity contribution is 9.10. The van der Waals surface area contributed by atoms with Crippen LogP contribution in [0.1, 0.15) is 11.1 Å². The largest absolute Gasteiger partial charge is 0.449 e. The molecule has 2 amide bonds. The summed E-state index contributed by atoms with van der Waals surface area (Å²) in [6, 6.07) is 16.7. The van der Waals surface area contributed by atoms with Crippen molar-refractivity contribution >= 4 is 56.3 Å². The Balaban J connectivity index is 1.63. The number of nitro benzene ring substituents is 2. The summed E-state index contributed by atoms with van der Waals surface area (Å²) in [5.74, 6) is -0.516. The number of rotatable bonds is 7. The van der Waals surface area contributed by atoms with E-state index in [-0.39, 0.29) is 22.9 Å². The van der Waals surface area contributed by atoms with Gasteiger partial charge in [0.25, 0.3) is 16.8 Å². The number of imide groups is 1. The first-order valence-corrected chi connectivity index (χ1v) is 11.5. The Bertz CT molecular complexity index is 1410. The number of non-ortho nitro benzene ring substituents is 1. The molecule has 176 valence electrons. The Hall–Kier alpha value is -4.03. The molecule has 1 saturated heterocycles. The fourth-order valence-electron chi connectivity index (χ4n) is 3.23. The molecule has 0 atom stereocenters. The lowest BCUT2D eigenvalue weighted by molar-refractivity contribution is -0.394. The maximum absolute atomic E-state index is 13.0. The Morgan fingerprint density at radius 1 is 0.943 bits per heavy atom. The van der Waals surface area contributed by atoms with Crippen LogP contribution in [0.2, 0.25) is 0 Å². The van der Waals surface area contributed by atoms with Crippen LogP contribution in [-0.4, -0.2) is 25.9 Å². The van der Waals surface area contributed by atoms with E-state index in [2.05, 4.69) is 15.9 Å². The molecule has 1 heterocycles. The first-order valence-electron chi connectivity index (χ1n) is 9.93. The molecule has 4 rings (SSSR count). The average molecular weight is 556 g/mol. The van der Waals surface area contributed by atoms with E-state index in [9.17, 15) is 29.8 Å². The van der Waals surface area contributed by atoms with Gasteiger partial charge in [0.2, 0.25) is 5.75 Å². The van der Waals surface area contributed by atoms with Gasteiger partial charge in [-0.25, -0.2) is 0 Å². The first kappa shape index (κ1) is 24.1. The summed E-state index contributed by atoms with van der Waals surface area (Å²) in [7, 11) is 0. The highest BCUT2D eigenvalue weighted by atomic mass is 79.9. The average Bonchev–Trinajstić information content (AvgIpc) is 3.09. The van der Waals surface area contributed by atoms with Gasteiger partial charge >= 0.3 is 5.69 Å². The van der Waals surface area contributed by atoms with E-state index in [1.807, 2.05) is 12.1 Å². The minimum absolute atomic E-state index is 0.0938. The summed E-state index contributed by atoms with van der Waals surface area (Å²) in [6.07, 6.45) is 1.47. The smallest absolute Gasteiger partial charge is 0.318 e. The van der Waals surface area contributed by atoms with Gasteiger partial charge in [0.1, 0.15) is 5.75 Å². The van der Waals surface area contributed by atoms with E-state index >= 15 is 0 Å². The van der Waals surface area contributed by atoms with Gasteiger partial charge in [-0.3, -0.25) is 34.7 Å². The van der Waals surface area contributed by atoms with Gasteiger partial charge in [0.05, 0.1) is 27.4 Å². The Kier molecular flexibility index (Phi) is 6.94. The van der Waals surface area contributed by atoms with Crippen molar-refractivity contribution in [1.82, 2.24) is 4.90 Å². The Morgan fingerprint density at radius 3 is 2.37 bits per heavy atom. The Morgan fingerprint density at radius 2 is 1.66 bits per heavy atom. The molecule has 0 unspecified atom stereocenters. The van der Waals surface area contributed by atoms with Crippen LogP contribution in [-0.2, 0) is 11.3 Å². The molecule has 1 aliphatic rings. The van der Waals surface area contributed by atoms with Crippen LogP contribution in [0.3, 0.4) is 0 Å². The first-order chi connectivity index (χ1) is 16.7. The number of carbonyl (C=O) groups excluding carboxylic acids is 2. The van der Waals surface area contributed by atoms with Crippen LogP contribution in [0.25, 0.3) is 6.08 Å². The van der Waals surface area contributed by atoms with Crippen LogP contribution in [0.5, 0.6) is 11.5 Å². The number of amides is 2. The van der Waals surface area contributed by atoms with Crippen molar-refractivity contribution in [3.63, 3.8) is 0 Å². The van der Waals surface area contributed by atoms with Crippen molar-refractivity contribution < 1.29 is 24.2 Å². The molecule has 0 spiro atoms. The highest BCUT2D eigenvalue weighted by Gasteiger charge is 2.35. The quantitative estimate of drug-likeness (QED) is 0.188. The van der Waals surface area contributed by atoms with E-state index in [0.29, 0.717) is 5.56 Å².